The number of nitrogens with zero attached hydrogens (tertiary/aromatic N) is 3. The topological polar surface area (TPSA) is 81.1 Å². The van der Waals surface area contributed by atoms with Gasteiger partial charge in [0.15, 0.2) is 0 Å². The molecule has 184 valence electrons. The molecule has 0 bridgehead atoms. The summed E-state index contributed by atoms with van der Waals surface area (Å²) in [7, 11) is 1.92. The van der Waals surface area contributed by atoms with E-state index in [1.807, 2.05) is 57.4 Å². The van der Waals surface area contributed by atoms with Gasteiger partial charge in [-0.05, 0) is 87.2 Å². The molecule has 7 nitrogen and oxygen atoms in total. The summed E-state index contributed by atoms with van der Waals surface area (Å²) in [6, 6.07) is 16.6. The van der Waals surface area contributed by atoms with Gasteiger partial charge in [0, 0.05) is 41.5 Å². The highest BCUT2D eigenvalue weighted by Gasteiger charge is 2.47. The van der Waals surface area contributed by atoms with E-state index in [9.17, 15) is 4.79 Å². The lowest BCUT2D eigenvalue weighted by molar-refractivity contribution is 0.0930. The molecule has 2 fully saturated rings. The van der Waals surface area contributed by atoms with Crippen molar-refractivity contribution in [1.82, 2.24) is 25.4 Å². The zero-order valence-corrected chi connectivity index (χ0v) is 21.0. The van der Waals surface area contributed by atoms with Crippen molar-refractivity contribution in [3.05, 3.63) is 77.1 Å². The van der Waals surface area contributed by atoms with E-state index in [1.54, 1.807) is 4.68 Å². The number of aryl methyl sites for hydroxylation is 3. The first-order valence-corrected chi connectivity index (χ1v) is 12.6. The van der Waals surface area contributed by atoms with E-state index in [4.69, 9.17) is 9.72 Å². The molecule has 2 aliphatic rings. The van der Waals surface area contributed by atoms with Crippen molar-refractivity contribution in [2.45, 2.75) is 44.7 Å². The molecule has 1 saturated carbocycles. The minimum absolute atomic E-state index is 0.0753. The van der Waals surface area contributed by atoms with Gasteiger partial charge in [0.25, 0.3) is 5.91 Å². The van der Waals surface area contributed by atoms with Crippen LogP contribution in [-0.4, -0.2) is 39.9 Å². The Morgan fingerprint density at radius 3 is 2.69 bits per heavy atom. The van der Waals surface area contributed by atoms with Crippen LogP contribution in [0.5, 0.6) is 5.75 Å². The second-order valence-electron chi connectivity index (χ2n) is 10.2. The molecular formula is C29H31N5O2. The van der Waals surface area contributed by atoms with E-state index in [1.165, 1.54) is 0 Å². The maximum Gasteiger partial charge on any atom is 0.252 e. The number of hydrogen-bond acceptors (Lipinski definition) is 5. The van der Waals surface area contributed by atoms with E-state index < -0.39 is 5.54 Å². The predicted molar refractivity (Wildman–Crippen MR) is 140 cm³/mol. The standard InChI is InChI=1S/C29H31N5O2/c1-18-4-6-22(36-17-21-8-12-30-21)16-24(18)28(35)32-29(10-11-29)25-14-20(26-9-13-34(3)33-26)15-27-23(25)7-5-19(2)31-27/h4-7,9,13-16,21,30H,8,10-12,17H2,1-3H3,(H,32,35)/t21-/m0/s1. The van der Waals surface area contributed by atoms with Crippen molar-refractivity contribution in [3.63, 3.8) is 0 Å². The second-order valence-corrected chi connectivity index (χ2v) is 10.2. The highest BCUT2D eigenvalue weighted by Crippen LogP contribution is 2.49. The van der Waals surface area contributed by atoms with Gasteiger partial charge in [-0.1, -0.05) is 12.1 Å². The number of aromatic nitrogens is 3. The molecule has 6 rings (SSSR count). The number of pyridine rings is 1. The van der Waals surface area contributed by atoms with E-state index >= 15 is 0 Å². The van der Waals surface area contributed by atoms with E-state index in [2.05, 4.69) is 33.9 Å². The third-order valence-corrected chi connectivity index (χ3v) is 7.40. The first kappa shape index (κ1) is 22.7. The fourth-order valence-corrected chi connectivity index (χ4v) is 4.94. The maximum atomic E-state index is 13.6. The first-order valence-electron chi connectivity index (χ1n) is 12.6. The van der Waals surface area contributed by atoms with Crippen LogP contribution in [0.2, 0.25) is 0 Å². The fourth-order valence-electron chi connectivity index (χ4n) is 4.94. The van der Waals surface area contributed by atoms with E-state index in [-0.39, 0.29) is 5.91 Å². The summed E-state index contributed by atoms with van der Waals surface area (Å²) in [5.74, 6) is 0.653. The van der Waals surface area contributed by atoms with Gasteiger partial charge in [0.2, 0.25) is 0 Å². The lowest BCUT2D eigenvalue weighted by atomic mass is 9.94. The first-order chi connectivity index (χ1) is 17.4. The average Bonchev–Trinajstić information content (AvgIpc) is 3.47. The van der Waals surface area contributed by atoms with Crippen molar-refractivity contribution in [2.75, 3.05) is 13.2 Å². The molecule has 1 aliphatic carbocycles. The summed E-state index contributed by atoms with van der Waals surface area (Å²) in [5, 5.41) is 12.4. The van der Waals surface area contributed by atoms with Crippen LogP contribution in [0.3, 0.4) is 0 Å². The molecule has 4 aromatic rings. The fraction of sp³-hybridized carbons (Fsp3) is 0.345. The van der Waals surface area contributed by atoms with Crippen molar-refractivity contribution >= 4 is 16.8 Å². The van der Waals surface area contributed by atoms with Crippen LogP contribution >= 0.6 is 0 Å². The quantitative estimate of drug-likeness (QED) is 0.409. The van der Waals surface area contributed by atoms with Gasteiger partial charge < -0.3 is 15.4 Å². The van der Waals surface area contributed by atoms with Gasteiger partial charge in [0.05, 0.1) is 16.7 Å². The van der Waals surface area contributed by atoms with Crippen molar-refractivity contribution in [2.24, 2.45) is 7.05 Å². The van der Waals surface area contributed by atoms with Gasteiger partial charge in [-0.2, -0.15) is 5.10 Å². The molecule has 1 atom stereocenters. The summed E-state index contributed by atoms with van der Waals surface area (Å²) in [5.41, 5.74) is 6.05. The number of carbonyl (C=O) groups is 1. The van der Waals surface area contributed by atoms with Crippen LogP contribution in [0, 0.1) is 13.8 Å². The van der Waals surface area contributed by atoms with Crippen LogP contribution in [-0.2, 0) is 12.6 Å². The van der Waals surface area contributed by atoms with Gasteiger partial charge in [0.1, 0.15) is 12.4 Å². The molecule has 36 heavy (non-hydrogen) atoms. The summed E-state index contributed by atoms with van der Waals surface area (Å²) >= 11 is 0. The summed E-state index contributed by atoms with van der Waals surface area (Å²) < 4.78 is 7.76. The molecule has 3 heterocycles. The highest BCUT2D eigenvalue weighted by molar-refractivity contribution is 5.98. The Balaban J connectivity index is 1.33. The van der Waals surface area contributed by atoms with Gasteiger partial charge in [-0.15, -0.1) is 0 Å². The Morgan fingerprint density at radius 1 is 1.17 bits per heavy atom. The largest absolute Gasteiger partial charge is 0.492 e. The number of hydrogen-bond donors (Lipinski definition) is 2. The zero-order valence-electron chi connectivity index (χ0n) is 21.0. The monoisotopic (exact) mass is 481 g/mol. The predicted octanol–water partition coefficient (Wildman–Crippen LogP) is 4.41. The minimum Gasteiger partial charge on any atom is -0.492 e. The summed E-state index contributed by atoms with van der Waals surface area (Å²) in [6.45, 7) is 5.63. The van der Waals surface area contributed by atoms with Crippen LogP contribution in [0.15, 0.2) is 54.7 Å². The van der Waals surface area contributed by atoms with Crippen LogP contribution in [0.4, 0.5) is 0 Å². The summed E-state index contributed by atoms with van der Waals surface area (Å²) in [6.07, 6.45) is 4.84. The second kappa shape index (κ2) is 8.75. The molecule has 0 spiro atoms. The Labute approximate surface area is 210 Å². The smallest absolute Gasteiger partial charge is 0.252 e. The number of fused-ring (bicyclic) bond motifs is 1. The molecule has 1 aliphatic heterocycles. The van der Waals surface area contributed by atoms with Crippen LogP contribution in [0.25, 0.3) is 22.2 Å². The lowest BCUT2D eigenvalue weighted by Gasteiger charge is -2.27. The number of amides is 1. The number of nitrogens with one attached hydrogen (secondary N) is 2. The molecule has 1 saturated heterocycles. The number of ether oxygens (including phenoxy) is 1. The zero-order chi connectivity index (χ0) is 24.9. The van der Waals surface area contributed by atoms with Crippen molar-refractivity contribution in [3.8, 4) is 17.0 Å². The number of benzene rings is 2. The van der Waals surface area contributed by atoms with Gasteiger partial charge in [-0.3, -0.25) is 14.5 Å². The Morgan fingerprint density at radius 2 is 2.00 bits per heavy atom. The van der Waals surface area contributed by atoms with E-state index in [0.717, 1.165) is 70.5 Å². The maximum absolute atomic E-state index is 13.6. The van der Waals surface area contributed by atoms with Gasteiger partial charge >= 0.3 is 0 Å². The molecule has 1 amide bonds. The highest BCUT2D eigenvalue weighted by atomic mass is 16.5. The molecule has 0 radical (unpaired) electrons. The van der Waals surface area contributed by atoms with Crippen LogP contribution in [0.1, 0.15) is 46.4 Å². The molecular weight excluding hydrogens is 450 g/mol. The molecule has 0 unspecified atom stereocenters. The number of rotatable bonds is 7. The third-order valence-electron chi connectivity index (χ3n) is 7.40. The Hall–Kier alpha value is -3.71. The lowest BCUT2D eigenvalue weighted by Crippen LogP contribution is -2.46. The molecule has 7 heteroatoms. The minimum atomic E-state index is -0.420. The third kappa shape index (κ3) is 4.24. The van der Waals surface area contributed by atoms with E-state index in [0.29, 0.717) is 18.2 Å². The number of carbonyl (C=O) groups excluding carboxylic acids is 1. The Bertz CT molecular complexity index is 1470. The molecule has 2 aromatic carbocycles. The molecule has 2 N–H and O–H groups in total. The average molecular weight is 482 g/mol. The Kier molecular flexibility index (Phi) is 5.52. The molecule has 2 aromatic heterocycles. The normalized spacial score (nSPS) is 18.0. The van der Waals surface area contributed by atoms with Gasteiger partial charge in [-0.25, -0.2) is 0 Å². The van der Waals surface area contributed by atoms with Crippen molar-refractivity contribution in [1.29, 1.82) is 0 Å². The SMILES string of the molecule is Cc1ccc2c(C3(NC(=O)c4cc(OC[C@@H]5CCN5)ccc4C)CC3)cc(-c3ccn(C)n3)cc2n1. The van der Waals surface area contributed by atoms with Crippen molar-refractivity contribution < 1.29 is 9.53 Å². The summed E-state index contributed by atoms with van der Waals surface area (Å²) in [4.78, 5) is 18.4. The van der Waals surface area contributed by atoms with Crippen LogP contribution < -0.4 is 15.4 Å².